The largest absolute Gasteiger partial charge is 0.419 e. The second kappa shape index (κ2) is 8.31. The van der Waals surface area contributed by atoms with Crippen LogP contribution in [0.25, 0.3) is 11.5 Å². The average molecular weight is 369 g/mol. The molecule has 0 unspecified atom stereocenters. The van der Waals surface area contributed by atoms with Crippen LogP contribution in [-0.4, -0.2) is 16.1 Å². The Labute approximate surface area is 163 Å². The third-order valence-electron chi connectivity index (χ3n) is 4.43. The molecule has 1 amide bonds. The molecule has 4 aromatic rings. The van der Waals surface area contributed by atoms with Crippen LogP contribution in [0.1, 0.15) is 22.9 Å². The lowest BCUT2D eigenvalue weighted by Crippen LogP contribution is -2.29. The van der Waals surface area contributed by atoms with E-state index in [1.165, 1.54) is 0 Å². The van der Waals surface area contributed by atoms with Gasteiger partial charge in [0.1, 0.15) is 0 Å². The van der Waals surface area contributed by atoms with E-state index in [4.69, 9.17) is 4.42 Å². The van der Waals surface area contributed by atoms with Gasteiger partial charge >= 0.3 is 0 Å². The molecule has 0 saturated carbocycles. The Bertz CT molecular complexity index is 992. The number of rotatable bonds is 6. The van der Waals surface area contributed by atoms with Gasteiger partial charge in [0, 0.05) is 5.56 Å². The molecule has 1 heterocycles. The fraction of sp³-hybridized carbons (Fsp3) is 0.0870. The molecular formula is C23H19N3O2. The molecule has 0 aliphatic carbocycles. The third-order valence-corrected chi connectivity index (χ3v) is 4.43. The van der Waals surface area contributed by atoms with Crippen LogP contribution in [0.15, 0.2) is 95.4 Å². The molecule has 4 rings (SSSR count). The van der Waals surface area contributed by atoms with Crippen LogP contribution in [0, 0.1) is 0 Å². The summed E-state index contributed by atoms with van der Waals surface area (Å²) in [5.41, 5.74) is 2.71. The van der Waals surface area contributed by atoms with Crippen molar-refractivity contribution in [3.8, 4) is 11.5 Å². The molecule has 138 valence electrons. The third kappa shape index (κ3) is 3.99. The van der Waals surface area contributed by atoms with E-state index in [2.05, 4.69) is 15.5 Å². The Morgan fingerprint density at radius 1 is 0.786 bits per heavy atom. The van der Waals surface area contributed by atoms with E-state index < -0.39 is 5.92 Å². The second-order valence-corrected chi connectivity index (χ2v) is 6.34. The van der Waals surface area contributed by atoms with Crippen LogP contribution in [-0.2, 0) is 11.3 Å². The highest BCUT2D eigenvalue weighted by Gasteiger charge is 2.22. The smallest absolute Gasteiger partial charge is 0.247 e. The number of nitrogens with zero attached hydrogens (tertiary/aromatic N) is 2. The summed E-state index contributed by atoms with van der Waals surface area (Å²) in [7, 11) is 0. The molecule has 0 spiro atoms. The first-order valence-electron chi connectivity index (χ1n) is 9.06. The minimum absolute atomic E-state index is 0.114. The zero-order chi connectivity index (χ0) is 19.2. The molecule has 1 aromatic heterocycles. The van der Waals surface area contributed by atoms with Crippen molar-refractivity contribution in [1.82, 2.24) is 15.5 Å². The molecule has 0 bridgehead atoms. The van der Waals surface area contributed by atoms with Gasteiger partial charge in [-0.2, -0.15) is 0 Å². The van der Waals surface area contributed by atoms with Crippen LogP contribution < -0.4 is 5.32 Å². The molecule has 3 aromatic carbocycles. The van der Waals surface area contributed by atoms with Gasteiger partial charge in [0.2, 0.25) is 17.7 Å². The number of carbonyl (C=O) groups is 1. The molecule has 0 saturated heterocycles. The minimum atomic E-state index is -0.404. The van der Waals surface area contributed by atoms with Crippen molar-refractivity contribution in [3.63, 3.8) is 0 Å². The summed E-state index contributed by atoms with van der Waals surface area (Å²) in [4.78, 5) is 13.0. The Morgan fingerprint density at radius 2 is 1.32 bits per heavy atom. The monoisotopic (exact) mass is 369 g/mol. The summed E-state index contributed by atoms with van der Waals surface area (Å²) in [6, 6.07) is 29.0. The lowest BCUT2D eigenvalue weighted by Gasteiger charge is -2.17. The molecular weight excluding hydrogens is 350 g/mol. The molecule has 0 aliphatic rings. The Kier molecular flexibility index (Phi) is 5.24. The van der Waals surface area contributed by atoms with Gasteiger partial charge in [0.05, 0.1) is 12.5 Å². The number of nitrogens with one attached hydrogen (secondary N) is 1. The molecule has 0 radical (unpaired) electrons. The quantitative estimate of drug-likeness (QED) is 0.553. The highest BCUT2D eigenvalue weighted by molar-refractivity contribution is 5.87. The highest BCUT2D eigenvalue weighted by atomic mass is 16.4. The molecule has 0 aliphatic heterocycles. The lowest BCUT2D eigenvalue weighted by atomic mass is 9.90. The summed E-state index contributed by atoms with van der Waals surface area (Å²) in [5.74, 6) is 0.287. The Morgan fingerprint density at radius 3 is 1.89 bits per heavy atom. The van der Waals surface area contributed by atoms with Gasteiger partial charge in [-0.1, -0.05) is 78.9 Å². The number of benzene rings is 3. The fourth-order valence-corrected chi connectivity index (χ4v) is 3.07. The Balaban J connectivity index is 1.50. The molecule has 5 heteroatoms. The van der Waals surface area contributed by atoms with Gasteiger partial charge in [0.15, 0.2) is 0 Å². The van der Waals surface area contributed by atoms with Crippen molar-refractivity contribution in [2.75, 3.05) is 0 Å². The SMILES string of the molecule is O=C(NCc1nnc(-c2ccccc2)o1)C(c1ccccc1)c1ccccc1. The topological polar surface area (TPSA) is 68.0 Å². The second-order valence-electron chi connectivity index (χ2n) is 6.34. The molecule has 5 nitrogen and oxygen atoms in total. The maximum Gasteiger partial charge on any atom is 0.247 e. The number of carbonyl (C=O) groups excluding carboxylic acids is 1. The van der Waals surface area contributed by atoms with Gasteiger partial charge in [-0.15, -0.1) is 10.2 Å². The van der Waals surface area contributed by atoms with Crippen molar-refractivity contribution < 1.29 is 9.21 Å². The average Bonchev–Trinajstić information content (AvgIpc) is 3.24. The maximum atomic E-state index is 13.0. The van der Waals surface area contributed by atoms with Gasteiger partial charge in [0.25, 0.3) is 0 Å². The highest BCUT2D eigenvalue weighted by Crippen LogP contribution is 2.25. The molecule has 28 heavy (non-hydrogen) atoms. The summed E-state index contributed by atoms with van der Waals surface area (Å²) >= 11 is 0. The summed E-state index contributed by atoms with van der Waals surface area (Å²) in [6.45, 7) is 0.175. The first-order valence-corrected chi connectivity index (χ1v) is 9.06. The predicted octanol–water partition coefficient (Wildman–Crippen LogP) is 4.18. The fourth-order valence-electron chi connectivity index (χ4n) is 3.07. The van der Waals surface area contributed by atoms with Crippen molar-refractivity contribution in [1.29, 1.82) is 0 Å². The van der Waals surface area contributed by atoms with Crippen LogP contribution in [0.3, 0.4) is 0 Å². The van der Waals surface area contributed by atoms with Gasteiger partial charge < -0.3 is 9.73 Å². The number of hydrogen-bond acceptors (Lipinski definition) is 4. The lowest BCUT2D eigenvalue weighted by molar-refractivity contribution is -0.122. The molecule has 1 N–H and O–H groups in total. The van der Waals surface area contributed by atoms with Crippen LogP contribution in [0.2, 0.25) is 0 Å². The zero-order valence-electron chi connectivity index (χ0n) is 15.2. The van der Waals surface area contributed by atoms with E-state index in [0.717, 1.165) is 16.7 Å². The van der Waals surface area contributed by atoms with E-state index in [1.807, 2.05) is 91.0 Å². The summed E-state index contributed by atoms with van der Waals surface area (Å²) < 4.78 is 5.67. The van der Waals surface area contributed by atoms with Crippen molar-refractivity contribution in [2.24, 2.45) is 0 Å². The van der Waals surface area contributed by atoms with Crippen molar-refractivity contribution in [2.45, 2.75) is 12.5 Å². The normalized spacial score (nSPS) is 10.8. The Hall–Kier alpha value is -3.73. The van der Waals surface area contributed by atoms with Crippen LogP contribution in [0.4, 0.5) is 0 Å². The van der Waals surface area contributed by atoms with Gasteiger partial charge in [-0.25, -0.2) is 0 Å². The minimum Gasteiger partial charge on any atom is -0.419 e. The number of aromatic nitrogens is 2. The van der Waals surface area contributed by atoms with Crippen molar-refractivity contribution >= 4 is 5.91 Å². The maximum absolute atomic E-state index is 13.0. The molecule has 0 atom stereocenters. The summed E-state index contributed by atoms with van der Waals surface area (Å²) in [6.07, 6.45) is 0. The first-order chi connectivity index (χ1) is 13.8. The van der Waals surface area contributed by atoms with E-state index in [9.17, 15) is 4.79 Å². The summed E-state index contributed by atoms with van der Waals surface area (Å²) in [5, 5.41) is 11.0. The van der Waals surface area contributed by atoms with Crippen LogP contribution in [0.5, 0.6) is 0 Å². The zero-order valence-corrected chi connectivity index (χ0v) is 15.2. The first kappa shape index (κ1) is 17.7. The standard InChI is InChI=1S/C23H19N3O2/c27-22(21(17-10-4-1-5-11-17)18-12-6-2-7-13-18)24-16-20-25-26-23(28-20)19-14-8-3-9-15-19/h1-15,21H,16H2,(H,24,27). The van der Waals surface area contributed by atoms with Crippen LogP contribution >= 0.6 is 0 Å². The van der Waals surface area contributed by atoms with Crippen molar-refractivity contribution in [3.05, 3.63) is 108 Å². The van der Waals surface area contributed by atoms with E-state index >= 15 is 0 Å². The van der Waals surface area contributed by atoms with E-state index in [1.54, 1.807) is 0 Å². The van der Waals surface area contributed by atoms with Gasteiger partial charge in [-0.3, -0.25) is 4.79 Å². The van der Waals surface area contributed by atoms with E-state index in [-0.39, 0.29) is 12.5 Å². The predicted molar refractivity (Wildman–Crippen MR) is 106 cm³/mol. The molecule has 0 fully saturated rings. The van der Waals surface area contributed by atoms with Gasteiger partial charge in [-0.05, 0) is 23.3 Å². The number of amides is 1. The number of hydrogen-bond donors (Lipinski definition) is 1. The van der Waals surface area contributed by atoms with E-state index in [0.29, 0.717) is 11.8 Å².